The molecule has 13 heavy (non-hydrogen) atoms. The van der Waals surface area contributed by atoms with Crippen LogP contribution in [0.4, 0.5) is 13.2 Å². The highest BCUT2D eigenvalue weighted by Crippen LogP contribution is 2.19. The van der Waals surface area contributed by atoms with Crippen molar-refractivity contribution in [2.45, 2.75) is 0 Å². The Labute approximate surface area is 73.1 Å². The smallest absolute Gasteiger partial charge is 0.161 e. The molecule has 1 rings (SSSR count). The Morgan fingerprint density at radius 2 is 1.69 bits per heavy atom. The zero-order chi connectivity index (χ0) is 10.0. The van der Waals surface area contributed by atoms with Crippen LogP contribution in [0, 0.1) is 17.5 Å². The minimum atomic E-state index is -1.26. The van der Waals surface area contributed by atoms with E-state index in [1.54, 1.807) is 0 Å². The van der Waals surface area contributed by atoms with Crippen molar-refractivity contribution in [3.63, 3.8) is 0 Å². The Kier molecular flexibility index (Phi) is 2.72. The molecule has 0 unspecified atom stereocenters. The molecule has 0 aliphatic carbocycles. The Morgan fingerprint density at radius 3 is 2.23 bits per heavy atom. The molecule has 0 spiro atoms. The van der Waals surface area contributed by atoms with Crippen LogP contribution in [-0.4, -0.2) is 11.7 Å². The number of benzene rings is 1. The van der Waals surface area contributed by atoms with Crippen LogP contribution >= 0.6 is 0 Å². The third kappa shape index (κ3) is 1.89. The van der Waals surface area contributed by atoms with Gasteiger partial charge in [-0.05, 0) is 11.6 Å². The van der Waals surface area contributed by atoms with E-state index in [0.717, 1.165) is 0 Å². The number of halogens is 3. The van der Waals surface area contributed by atoms with Crippen molar-refractivity contribution in [3.8, 4) is 0 Å². The Hall–Kier alpha value is -1.29. The summed E-state index contributed by atoms with van der Waals surface area (Å²) in [7, 11) is 0. The number of aliphatic hydroxyl groups is 1. The molecule has 1 aromatic rings. The first-order valence-electron chi connectivity index (χ1n) is 3.49. The van der Waals surface area contributed by atoms with Crippen LogP contribution in [-0.2, 0) is 0 Å². The van der Waals surface area contributed by atoms with Gasteiger partial charge in [-0.25, -0.2) is 13.2 Å². The van der Waals surface area contributed by atoms with Gasteiger partial charge in [0.2, 0.25) is 0 Å². The summed E-state index contributed by atoms with van der Waals surface area (Å²) in [5.41, 5.74) is -0.196. The average Bonchev–Trinajstić information content (AvgIpc) is 2.10. The van der Waals surface area contributed by atoms with Crippen molar-refractivity contribution in [2.24, 2.45) is 0 Å². The van der Waals surface area contributed by atoms with Gasteiger partial charge in [-0.2, -0.15) is 0 Å². The Morgan fingerprint density at radius 1 is 1.15 bits per heavy atom. The maximum Gasteiger partial charge on any atom is 0.161 e. The van der Waals surface area contributed by atoms with E-state index in [4.69, 9.17) is 5.11 Å². The Bertz CT molecular complexity index is 347. The van der Waals surface area contributed by atoms with E-state index in [0.29, 0.717) is 12.1 Å². The first-order valence-corrected chi connectivity index (χ1v) is 3.49. The first kappa shape index (κ1) is 9.80. The fraction of sp³-hybridized carbons (Fsp3) is 0.111. The lowest BCUT2D eigenvalue weighted by Crippen LogP contribution is -1.96. The van der Waals surface area contributed by atoms with E-state index in [2.05, 4.69) is 6.58 Å². The van der Waals surface area contributed by atoms with Crippen molar-refractivity contribution >= 4 is 5.57 Å². The molecular weight excluding hydrogens is 181 g/mol. The zero-order valence-electron chi connectivity index (χ0n) is 6.65. The molecule has 1 nitrogen and oxygen atoms in total. The quantitative estimate of drug-likeness (QED) is 0.704. The molecule has 0 aliphatic rings. The van der Waals surface area contributed by atoms with Crippen molar-refractivity contribution in [1.29, 1.82) is 0 Å². The Balaban J connectivity index is 3.23. The minimum absolute atomic E-state index is 0.0106. The summed E-state index contributed by atoms with van der Waals surface area (Å²) in [5.74, 6) is -3.35. The third-order valence-corrected chi connectivity index (χ3v) is 1.58. The molecule has 0 radical (unpaired) electrons. The number of hydrogen-bond acceptors (Lipinski definition) is 1. The van der Waals surface area contributed by atoms with Crippen LogP contribution in [0.2, 0.25) is 0 Å². The van der Waals surface area contributed by atoms with Gasteiger partial charge in [0.15, 0.2) is 11.6 Å². The highest BCUT2D eigenvalue weighted by atomic mass is 19.2. The minimum Gasteiger partial charge on any atom is -0.392 e. The lowest BCUT2D eigenvalue weighted by atomic mass is 10.1. The largest absolute Gasteiger partial charge is 0.392 e. The van der Waals surface area contributed by atoms with E-state index >= 15 is 0 Å². The van der Waals surface area contributed by atoms with Gasteiger partial charge in [0, 0.05) is 11.6 Å². The lowest BCUT2D eigenvalue weighted by molar-refractivity contribution is 0.349. The maximum absolute atomic E-state index is 12.9. The number of rotatable bonds is 2. The second kappa shape index (κ2) is 3.62. The monoisotopic (exact) mass is 188 g/mol. The summed E-state index contributed by atoms with van der Waals surface area (Å²) >= 11 is 0. The summed E-state index contributed by atoms with van der Waals surface area (Å²) in [6, 6.07) is 1.09. The van der Waals surface area contributed by atoms with Gasteiger partial charge in [-0.3, -0.25) is 0 Å². The molecule has 0 amide bonds. The standard InChI is InChI=1S/C9H7F3O/c1-5(4-13)6-2-8(11)9(12)3-7(6)10/h2-3,13H,1,4H2. The summed E-state index contributed by atoms with van der Waals surface area (Å²) in [6.07, 6.45) is 0. The van der Waals surface area contributed by atoms with Crippen LogP contribution in [0.5, 0.6) is 0 Å². The van der Waals surface area contributed by atoms with Gasteiger partial charge < -0.3 is 5.11 Å². The van der Waals surface area contributed by atoms with Crippen LogP contribution in [0.15, 0.2) is 18.7 Å². The highest BCUT2D eigenvalue weighted by molar-refractivity contribution is 5.64. The van der Waals surface area contributed by atoms with Crippen LogP contribution in [0.1, 0.15) is 5.56 Å². The lowest BCUT2D eigenvalue weighted by Gasteiger charge is -2.04. The fourth-order valence-electron chi connectivity index (χ4n) is 0.879. The molecule has 4 heteroatoms. The second-order valence-corrected chi connectivity index (χ2v) is 2.51. The molecule has 0 heterocycles. The van der Waals surface area contributed by atoms with Crippen molar-refractivity contribution in [1.82, 2.24) is 0 Å². The van der Waals surface area contributed by atoms with Crippen molar-refractivity contribution < 1.29 is 18.3 Å². The van der Waals surface area contributed by atoms with Crippen LogP contribution in [0.25, 0.3) is 5.57 Å². The maximum atomic E-state index is 12.9. The van der Waals surface area contributed by atoms with Gasteiger partial charge in [-0.1, -0.05) is 6.58 Å². The third-order valence-electron chi connectivity index (χ3n) is 1.58. The fourth-order valence-corrected chi connectivity index (χ4v) is 0.879. The first-order chi connectivity index (χ1) is 6.06. The second-order valence-electron chi connectivity index (χ2n) is 2.51. The molecule has 1 aromatic carbocycles. The highest BCUT2D eigenvalue weighted by Gasteiger charge is 2.11. The molecule has 0 aliphatic heterocycles. The van der Waals surface area contributed by atoms with Gasteiger partial charge in [0.25, 0.3) is 0 Å². The summed E-state index contributed by atoms with van der Waals surface area (Å²) in [4.78, 5) is 0. The van der Waals surface area contributed by atoms with E-state index in [9.17, 15) is 13.2 Å². The van der Waals surface area contributed by atoms with Gasteiger partial charge >= 0.3 is 0 Å². The molecule has 0 saturated heterocycles. The topological polar surface area (TPSA) is 20.2 Å². The van der Waals surface area contributed by atoms with Crippen LogP contribution < -0.4 is 0 Å². The summed E-state index contributed by atoms with van der Waals surface area (Å²) in [5, 5.41) is 8.59. The van der Waals surface area contributed by atoms with Crippen molar-refractivity contribution in [2.75, 3.05) is 6.61 Å². The predicted molar refractivity (Wildman–Crippen MR) is 42.4 cm³/mol. The molecule has 0 fully saturated rings. The van der Waals surface area contributed by atoms with Gasteiger partial charge in [0.1, 0.15) is 5.82 Å². The predicted octanol–water partition coefficient (Wildman–Crippen LogP) is 2.11. The molecular formula is C9H7F3O. The number of aliphatic hydroxyl groups excluding tert-OH is 1. The van der Waals surface area contributed by atoms with Gasteiger partial charge in [-0.15, -0.1) is 0 Å². The van der Waals surface area contributed by atoms with E-state index in [1.165, 1.54) is 0 Å². The molecule has 70 valence electrons. The molecule has 0 aromatic heterocycles. The van der Waals surface area contributed by atoms with Gasteiger partial charge in [0.05, 0.1) is 6.61 Å². The number of hydrogen-bond donors (Lipinski definition) is 1. The van der Waals surface area contributed by atoms with Crippen LogP contribution in [0.3, 0.4) is 0 Å². The summed E-state index contributed by atoms with van der Waals surface area (Å²) in [6.45, 7) is 2.80. The van der Waals surface area contributed by atoms with Crippen molar-refractivity contribution in [3.05, 3.63) is 41.7 Å². The zero-order valence-corrected chi connectivity index (χ0v) is 6.65. The SMILES string of the molecule is C=C(CO)c1cc(F)c(F)cc1F. The summed E-state index contributed by atoms with van der Waals surface area (Å²) < 4.78 is 37.9. The molecule has 1 N–H and O–H groups in total. The van der Waals surface area contributed by atoms with E-state index in [1.807, 2.05) is 0 Å². The molecule has 0 atom stereocenters. The average molecular weight is 188 g/mol. The molecule has 0 bridgehead atoms. The normalized spacial score (nSPS) is 10.2. The molecule has 0 saturated carbocycles. The van der Waals surface area contributed by atoms with E-state index < -0.39 is 24.1 Å². The van der Waals surface area contributed by atoms with E-state index in [-0.39, 0.29) is 11.1 Å².